The zero-order valence-corrected chi connectivity index (χ0v) is 8.69. The van der Waals surface area contributed by atoms with Crippen LogP contribution in [0.1, 0.15) is 5.56 Å². The second-order valence-corrected chi connectivity index (χ2v) is 3.59. The normalized spacial score (nSPS) is 13.1. The van der Waals surface area contributed by atoms with E-state index in [4.69, 9.17) is 19.7 Å². The van der Waals surface area contributed by atoms with Gasteiger partial charge in [0.1, 0.15) is 0 Å². The second kappa shape index (κ2) is 3.16. The summed E-state index contributed by atoms with van der Waals surface area (Å²) in [6, 6.07) is 5.59. The van der Waals surface area contributed by atoms with E-state index < -0.39 is 0 Å². The smallest absolute Gasteiger partial charge is 0.231 e. The first-order chi connectivity index (χ1) is 7.75. The molecule has 0 spiro atoms. The number of hydrogen-bond donors (Lipinski definition) is 1. The summed E-state index contributed by atoms with van der Waals surface area (Å²) in [7, 11) is 0. The lowest BCUT2D eigenvalue weighted by Gasteiger charge is -1.99. The Labute approximate surface area is 91.7 Å². The average Bonchev–Trinajstić information content (AvgIpc) is 2.86. The largest absolute Gasteiger partial charge is 0.454 e. The molecule has 5 nitrogen and oxygen atoms in total. The van der Waals surface area contributed by atoms with Crippen LogP contribution in [0.25, 0.3) is 11.3 Å². The van der Waals surface area contributed by atoms with Crippen LogP contribution in [0.15, 0.2) is 22.7 Å². The SMILES string of the molecule is Cc1c(N)noc1-c1ccc2c(c1)OCO2. The van der Waals surface area contributed by atoms with E-state index in [1.807, 2.05) is 25.1 Å². The molecular weight excluding hydrogens is 208 g/mol. The van der Waals surface area contributed by atoms with Crippen LogP contribution in [0.5, 0.6) is 11.5 Å². The van der Waals surface area contributed by atoms with Gasteiger partial charge >= 0.3 is 0 Å². The number of rotatable bonds is 1. The van der Waals surface area contributed by atoms with Gasteiger partial charge in [-0.25, -0.2) is 0 Å². The third kappa shape index (κ3) is 1.21. The number of ether oxygens (including phenoxy) is 2. The van der Waals surface area contributed by atoms with Crippen LogP contribution in [0.3, 0.4) is 0 Å². The molecule has 1 aliphatic heterocycles. The zero-order chi connectivity index (χ0) is 11.1. The summed E-state index contributed by atoms with van der Waals surface area (Å²) in [5.74, 6) is 2.53. The molecule has 0 saturated heterocycles. The topological polar surface area (TPSA) is 70.5 Å². The van der Waals surface area contributed by atoms with Gasteiger partial charge in [-0.05, 0) is 25.1 Å². The average molecular weight is 218 g/mol. The minimum Gasteiger partial charge on any atom is -0.454 e. The van der Waals surface area contributed by atoms with Gasteiger partial charge in [-0.2, -0.15) is 0 Å². The molecule has 2 aromatic rings. The number of fused-ring (bicyclic) bond motifs is 1. The van der Waals surface area contributed by atoms with Gasteiger partial charge in [-0.15, -0.1) is 0 Å². The van der Waals surface area contributed by atoms with Crippen molar-refractivity contribution in [3.05, 3.63) is 23.8 Å². The molecule has 0 amide bonds. The highest BCUT2D eigenvalue weighted by atomic mass is 16.7. The molecule has 0 radical (unpaired) electrons. The molecule has 0 saturated carbocycles. The number of nitrogens with zero attached hydrogens (tertiary/aromatic N) is 1. The molecule has 0 aliphatic carbocycles. The van der Waals surface area contributed by atoms with Crippen molar-refractivity contribution in [1.82, 2.24) is 5.16 Å². The Kier molecular flexibility index (Phi) is 1.80. The molecule has 1 aliphatic rings. The summed E-state index contributed by atoms with van der Waals surface area (Å²) in [6.45, 7) is 2.13. The standard InChI is InChI=1S/C11H10N2O3/c1-6-10(16-13-11(6)12)7-2-3-8-9(4-7)15-5-14-8/h2-4H,5H2,1H3,(H2,12,13). The molecule has 0 bridgehead atoms. The van der Waals surface area contributed by atoms with Gasteiger partial charge in [-0.1, -0.05) is 5.16 Å². The van der Waals surface area contributed by atoms with Crippen molar-refractivity contribution < 1.29 is 14.0 Å². The molecular formula is C11H10N2O3. The number of benzene rings is 1. The lowest BCUT2D eigenvalue weighted by Crippen LogP contribution is -1.92. The van der Waals surface area contributed by atoms with E-state index in [9.17, 15) is 0 Å². The third-order valence-electron chi connectivity index (χ3n) is 2.59. The van der Waals surface area contributed by atoms with E-state index in [2.05, 4.69) is 5.16 Å². The Bertz CT molecular complexity index is 548. The first kappa shape index (κ1) is 9.08. The van der Waals surface area contributed by atoms with Gasteiger partial charge in [0.25, 0.3) is 0 Å². The molecule has 2 N–H and O–H groups in total. The maximum Gasteiger partial charge on any atom is 0.231 e. The van der Waals surface area contributed by atoms with Crippen LogP contribution in [0.4, 0.5) is 5.82 Å². The summed E-state index contributed by atoms with van der Waals surface area (Å²) >= 11 is 0. The van der Waals surface area contributed by atoms with E-state index in [1.165, 1.54) is 0 Å². The maximum absolute atomic E-state index is 5.63. The summed E-state index contributed by atoms with van der Waals surface area (Å²) in [6.07, 6.45) is 0. The Morgan fingerprint density at radius 2 is 2.06 bits per heavy atom. The number of nitrogens with two attached hydrogens (primary N) is 1. The maximum atomic E-state index is 5.63. The van der Waals surface area contributed by atoms with E-state index in [-0.39, 0.29) is 6.79 Å². The Morgan fingerprint density at radius 1 is 1.25 bits per heavy atom. The van der Waals surface area contributed by atoms with Gasteiger partial charge < -0.3 is 19.7 Å². The van der Waals surface area contributed by atoms with Gasteiger partial charge in [-0.3, -0.25) is 0 Å². The highest BCUT2D eigenvalue weighted by Crippen LogP contribution is 2.37. The van der Waals surface area contributed by atoms with Crippen LogP contribution in [-0.4, -0.2) is 11.9 Å². The summed E-state index contributed by atoms with van der Waals surface area (Å²) in [5, 5.41) is 3.72. The number of anilines is 1. The molecule has 0 unspecified atom stereocenters. The highest BCUT2D eigenvalue weighted by Gasteiger charge is 2.17. The molecule has 82 valence electrons. The number of aromatic nitrogens is 1. The first-order valence-electron chi connectivity index (χ1n) is 4.87. The van der Waals surface area contributed by atoms with Gasteiger partial charge in [0.05, 0.1) is 0 Å². The fraction of sp³-hybridized carbons (Fsp3) is 0.182. The van der Waals surface area contributed by atoms with E-state index in [1.54, 1.807) is 0 Å². The lowest BCUT2D eigenvalue weighted by atomic mass is 10.1. The van der Waals surface area contributed by atoms with Gasteiger partial charge in [0, 0.05) is 11.1 Å². The fourth-order valence-corrected chi connectivity index (χ4v) is 1.66. The predicted octanol–water partition coefficient (Wildman–Crippen LogP) is 1.96. The Balaban J connectivity index is 2.10. The van der Waals surface area contributed by atoms with Gasteiger partial charge in [0.2, 0.25) is 6.79 Å². The molecule has 2 heterocycles. The van der Waals surface area contributed by atoms with E-state index >= 15 is 0 Å². The first-order valence-corrected chi connectivity index (χ1v) is 4.87. The van der Waals surface area contributed by atoms with E-state index in [0.29, 0.717) is 17.3 Å². The van der Waals surface area contributed by atoms with Crippen molar-refractivity contribution in [2.75, 3.05) is 12.5 Å². The molecule has 3 rings (SSSR count). The fourth-order valence-electron chi connectivity index (χ4n) is 1.66. The quantitative estimate of drug-likeness (QED) is 0.792. The van der Waals surface area contributed by atoms with Crippen molar-refractivity contribution in [2.24, 2.45) is 0 Å². The predicted molar refractivity (Wildman–Crippen MR) is 57.2 cm³/mol. The van der Waals surface area contributed by atoms with Crippen LogP contribution in [0, 0.1) is 6.92 Å². The molecule has 0 fully saturated rings. The highest BCUT2D eigenvalue weighted by molar-refractivity contribution is 5.68. The number of nitrogen functional groups attached to an aromatic ring is 1. The minimum atomic E-state index is 0.260. The minimum absolute atomic E-state index is 0.260. The summed E-state index contributed by atoms with van der Waals surface area (Å²) in [4.78, 5) is 0. The van der Waals surface area contributed by atoms with Crippen molar-refractivity contribution in [2.45, 2.75) is 6.92 Å². The Morgan fingerprint density at radius 3 is 2.81 bits per heavy atom. The van der Waals surface area contributed by atoms with Crippen LogP contribution >= 0.6 is 0 Å². The molecule has 1 aromatic carbocycles. The monoisotopic (exact) mass is 218 g/mol. The van der Waals surface area contributed by atoms with Crippen molar-refractivity contribution in [3.8, 4) is 22.8 Å². The van der Waals surface area contributed by atoms with Crippen LogP contribution < -0.4 is 15.2 Å². The number of hydrogen-bond acceptors (Lipinski definition) is 5. The lowest BCUT2D eigenvalue weighted by molar-refractivity contribution is 0.174. The third-order valence-corrected chi connectivity index (χ3v) is 2.59. The zero-order valence-electron chi connectivity index (χ0n) is 8.69. The molecule has 16 heavy (non-hydrogen) atoms. The van der Waals surface area contributed by atoms with Crippen molar-refractivity contribution >= 4 is 5.82 Å². The van der Waals surface area contributed by atoms with Crippen LogP contribution in [-0.2, 0) is 0 Å². The Hall–Kier alpha value is -2.17. The van der Waals surface area contributed by atoms with Crippen LogP contribution in [0.2, 0.25) is 0 Å². The van der Waals surface area contributed by atoms with Gasteiger partial charge in [0.15, 0.2) is 23.1 Å². The summed E-state index contributed by atoms with van der Waals surface area (Å²) < 4.78 is 15.7. The molecule has 5 heteroatoms. The van der Waals surface area contributed by atoms with E-state index in [0.717, 1.165) is 16.9 Å². The molecule has 0 atom stereocenters. The molecule has 1 aromatic heterocycles. The van der Waals surface area contributed by atoms with Crippen molar-refractivity contribution in [1.29, 1.82) is 0 Å². The second-order valence-electron chi connectivity index (χ2n) is 3.59. The van der Waals surface area contributed by atoms with Crippen molar-refractivity contribution in [3.63, 3.8) is 0 Å². The summed E-state index contributed by atoms with van der Waals surface area (Å²) in [5.41, 5.74) is 7.34.